The number of aliphatic hydroxyl groups is 1. The van der Waals surface area contributed by atoms with E-state index in [1.54, 1.807) is 0 Å². The number of ketones is 1. The SMILES string of the molecule is CC(=O)OC[C@@H](O)[C@@H](OC(C)=O)[C@H](OC(C)=O)[C@H](OC(C)=O)C(=S)C(C)=O. The Kier molecular flexibility index (Phi) is 10.3. The number of thiocarbonyl (C=S) groups is 1. The normalized spacial score (nSPS) is 14.7. The molecule has 0 heterocycles. The topological polar surface area (TPSA) is 143 Å². The number of carbonyl (C=O) groups excluding carboxylic acids is 5. The van der Waals surface area contributed by atoms with Crippen LogP contribution in [0.5, 0.6) is 0 Å². The highest BCUT2D eigenvalue weighted by molar-refractivity contribution is 7.82. The Morgan fingerprint density at radius 3 is 1.59 bits per heavy atom. The van der Waals surface area contributed by atoms with Gasteiger partial charge in [-0.05, 0) is 6.92 Å². The third kappa shape index (κ3) is 9.20. The van der Waals surface area contributed by atoms with Crippen molar-refractivity contribution in [3.63, 3.8) is 0 Å². The minimum atomic E-state index is -1.67. The molecule has 0 rings (SSSR count). The predicted molar refractivity (Wildman–Crippen MR) is 92.6 cm³/mol. The van der Waals surface area contributed by atoms with Crippen LogP contribution >= 0.6 is 12.2 Å². The van der Waals surface area contributed by atoms with E-state index in [9.17, 15) is 29.1 Å². The Hall–Kier alpha value is -2.40. The average molecular weight is 406 g/mol. The molecule has 152 valence electrons. The zero-order valence-corrected chi connectivity index (χ0v) is 16.4. The van der Waals surface area contributed by atoms with Crippen LogP contribution in [0.2, 0.25) is 0 Å². The molecule has 0 aliphatic heterocycles. The largest absolute Gasteiger partial charge is 0.463 e. The number of carbonyl (C=O) groups is 5. The van der Waals surface area contributed by atoms with Crippen LogP contribution in [0.4, 0.5) is 0 Å². The summed E-state index contributed by atoms with van der Waals surface area (Å²) in [5, 5.41) is 10.3. The highest BCUT2D eigenvalue weighted by Gasteiger charge is 2.44. The van der Waals surface area contributed by atoms with E-state index in [4.69, 9.17) is 26.4 Å². The number of hydrogen-bond donors (Lipinski definition) is 1. The smallest absolute Gasteiger partial charge is 0.303 e. The third-order valence-electron chi connectivity index (χ3n) is 2.96. The van der Waals surface area contributed by atoms with Gasteiger partial charge in [-0.15, -0.1) is 0 Å². The maximum Gasteiger partial charge on any atom is 0.303 e. The first-order chi connectivity index (χ1) is 12.4. The lowest BCUT2D eigenvalue weighted by Crippen LogP contribution is -2.54. The fourth-order valence-corrected chi connectivity index (χ4v) is 2.18. The Morgan fingerprint density at radius 2 is 1.22 bits per heavy atom. The van der Waals surface area contributed by atoms with Crippen molar-refractivity contribution in [2.24, 2.45) is 0 Å². The van der Waals surface area contributed by atoms with Crippen molar-refractivity contribution in [2.45, 2.75) is 59.0 Å². The fourth-order valence-electron chi connectivity index (χ4n) is 2.00. The summed E-state index contributed by atoms with van der Waals surface area (Å²) in [5.74, 6) is -4.02. The zero-order chi connectivity index (χ0) is 21.3. The van der Waals surface area contributed by atoms with Gasteiger partial charge in [0.1, 0.15) is 17.6 Å². The van der Waals surface area contributed by atoms with Crippen molar-refractivity contribution in [2.75, 3.05) is 6.61 Å². The van der Waals surface area contributed by atoms with Crippen LogP contribution in [-0.2, 0) is 42.9 Å². The Labute approximate surface area is 161 Å². The van der Waals surface area contributed by atoms with Gasteiger partial charge in [-0.2, -0.15) is 0 Å². The van der Waals surface area contributed by atoms with Crippen molar-refractivity contribution in [3.8, 4) is 0 Å². The van der Waals surface area contributed by atoms with Crippen LogP contribution in [0.15, 0.2) is 0 Å². The number of rotatable bonds is 10. The average Bonchev–Trinajstić information content (AvgIpc) is 2.52. The molecule has 0 unspecified atom stereocenters. The predicted octanol–water partition coefficient (Wildman–Crippen LogP) is -0.336. The highest BCUT2D eigenvalue weighted by Crippen LogP contribution is 2.19. The Balaban J connectivity index is 6.03. The van der Waals surface area contributed by atoms with Crippen LogP contribution < -0.4 is 0 Å². The minimum absolute atomic E-state index is 0.423. The first-order valence-electron chi connectivity index (χ1n) is 7.74. The summed E-state index contributed by atoms with van der Waals surface area (Å²) in [5.41, 5.74) is 0. The van der Waals surface area contributed by atoms with Crippen molar-refractivity contribution in [3.05, 3.63) is 0 Å². The van der Waals surface area contributed by atoms with Gasteiger partial charge in [0.25, 0.3) is 0 Å². The summed E-state index contributed by atoms with van der Waals surface area (Å²) < 4.78 is 19.7. The van der Waals surface area contributed by atoms with Gasteiger partial charge >= 0.3 is 23.9 Å². The van der Waals surface area contributed by atoms with Gasteiger partial charge in [0.2, 0.25) is 0 Å². The zero-order valence-electron chi connectivity index (χ0n) is 15.5. The number of esters is 4. The van der Waals surface area contributed by atoms with E-state index < -0.39 is 65.5 Å². The van der Waals surface area contributed by atoms with Crippen molar-refractivity contribution < 1.29 is 48.0 Å². The van der Waals surface area contributed by atoms with E-state index in [1.165, 1.54) is 0 Å². The van der Waals surface area contributed by atoms with E-state index in [2.05, 4.69) is 4.74 Å². The summed E-state index contributed by atoms with van der Waals surface area (Å²) in [4.78, 5) is 56.6. The first kappa shape index (κ1) is 24.6. The maximum atomic E-state index is 11.7. The molecule has 0 bridgehead atoms. The van der Waals surface area contributed by atoms with Gasteiger partial charge in [-0.1, -0.05) is 12.2 Å². The molecule has 0 saturated heterocycles. The molecule has 0 aromatic rings. The summed E-state index contributed by atoms with van der Waals surface area (Å²) >= 11 is 4.95. The molecule has 27 heavy (non-hydrogen) atoms. The lowest BCUT2D eigenvalue weighted by molar-refractivity contribution is -0.190. The molecule has 0 spiro atoms. The van der Waals surface area contributed by atoms with E-state index in [-0.39, 0.29) is 0 Å². The van der Waals surface area contributed by atoms with Gasteiger partial charge in [-0.25, -0.2) is 0 Å². The van der Waals surface area contributed by atoms with Gasteiger partial charge in [0.15, 0.2) is 24.1 Å². The molecule has 0 aromatic heterocycles. The molecule has 0 saturated carbocycles. The summed E-state index contributed by atoms with van der Waals surface area (Å²) in [7, 11) is 0. The van der Waals surface area contributed by atoms with Crippen molar-refractivity contribution in [1.82, 2.24) is 0 Å². The summed E-state index contributed by atoms with van der Waals surface area (Å²) in [6.45, 7) is 4.61. The van der Waals surface area contributed by atoms with Crippen LogP contribution in [0.1, 0.15) is 34.6 Å². The van der Waals surface area contributed by atoms with Gasteiger partial charge in [0, 0.05) is 27.7 Å². The van der Waals surface area contributed by atoms with Gasteiger partial charge in [0.05, 0.1) is 0 Å². The second-order valence-corrected chi connectivity index (χ2v) is 5.91. The van der Waals surface area contributed by atoms with Crippen LogP contribution in [-0.4, -0.2) is 70.7 Å². The molecule has 4 atom stereocenters. The number of Topliss-reactive ketones (excluding diaryl/α,β-unsaturated/α-hetero) is 1. The van der Waals surface area contributed by atoms with Crippen LogP contribution in [0.25, 0.3) is 0 Å². The second-order valence-electron chi connectivity index (χ2n) is 5.47. The van der Waals surface area contributed by atoms with E-state index >= 15 is 0 Å². The number of hydrogen-bond acceptors (Lipinski definition) is 11. The molecular formula is C16H22O10S. The van der Waals surface area contributed by atoms with Crippen molar-refractivity contribution in [1.29, 1.82) is 0 Å². The molecular weight excluding hydrogens is 384 g/mol. The quantitative estimate of drug-likeness (QED) is 0.289. The standard InChI is InChI=1S/C16H22O10S/c1-7(17)16(27)15(26-11(5)21)14(25-10(4)20)13(24-9(3)19)12(22)6-23-8(2)18/h12-15,22H,6H2,1-5H3/t12-,13-,14+,15+/m1/s1. The minimum Gasteiger partial charge on any atom is -0.463 e. The molecule has 1 N–H and O–H groups in total. The molecule has 0 aromatic carbocycles. The number of ether oxygens (including phenoxy) is 4. The monoisotopic (exact) mass is 406 g/mol. The molecule has 0 aliphatic carbocycles. The maximum absolute atomic E-state index is 11.7. The lowest BCUT2D eigenvalue weighted by Gasteiger charge is -2.33. The molecule has 0 radical (unpaired) electrons. The molecule has 0 aliphatic rings. The van der Waals surface area contributed by atoms with Gasteiger partial charge < -0.3 is 24.1 Å². The highest BCUT2D eigenvalue weighted by atomic mass is 32.1. The molecule has 10 nitrogen and oxygen atoms in total. The first-order valence-corrected chi connectivity index (χ1v) is 8.15. The Morgan fingerprint density at radius 1 is 0.778 bits per heavy atom. The van der Waals surface area contributed by atoms with Gasteiger partial charge in [-0.3, -0.25) is 24.0 Å². The van der Waals surface area contributed by atoms with E-state index in [1.807, 2.05) is 0 Å². The van der Waals surface area contributed by atoms with E-state index in [0.717, 1.165) is 34.6 Å². The summed E-state index contributed by atoms with van der Waals surface area (Å²) in [6.07, 6.45) is -6.59. The van der Waals surface area contributed by atoms with E-state index in [0.29, 0.717) is 0 Å². The number of aliphatic hydroxyl groups excluding tert-OH is 1. The lowest BCUT2D eigenvalue weighted by atomic mass is 9.98. The molecule has 0 amide bonds. The second kappa shape index (κ2) is 11.3. The fraction of sp³-hybridized carbons (Fsp3) is 0.625. The summed E-state index contributed by atoms with van der Waals surface area (Å²) in [6, 6.07) is 0. The molecule has 0 fully saturated rings. The Bertz CT molecular complexity index is 614. The van der Waals surface area contributed by atoms with Crippen LogP contribution in [0, 0.1) is 0 Å². The molecule has 11 heteroatoms. The third-order valence-corrected chi connectivity index (χ3v) is 3.48. The van der Waals surface area contributed by atoms with Crippen molar-refractivity contribution >= 4 is 46.7 Å². The van der Waals surface area contributed by atoms with Crippen LogP contribution in [0.3, 0.4) is 0 Å².